The van der Waals surface area contributed by atoms with E-state index < -0.39 is 27.1 Å². The smallest absolute Gasteiger partial charge is 0.297 e. The number of nitrogens with zero attached hydrogens (tertiary/aromatic N) is 2. The Morgan fingerprint density at radius 2 is 2.00 bits per heavy atom. The van der Waals surface area contributed by atoms with Crippen LogP contribution in [0.15, 0.2) is 46.3 Å². The van der Waals surface area contributed by atoms with Gasteiger partial charge < -0.3 is 0 Å². The highest BCUT2D eigenvalue weighted by atomic mass is 32.2. The first-order valence-corrected chi connectivity index (χ1v) is 12.0. The lowest BCUT2D eigenvalue weighted by Crippen LogP contribution is -2.35. The lowest BCUT2D eigenvalue weighted by atomic mass is 10.1. The molecule has 0 fully saturated rings. The van der Waals surface area contributed by atoms with Crippen molar-refractivity contribution < 1.29 is 21.6 Å². The van der Waals surface area contributed by atoms with Crippen molar-refractivity contribution in [1.29, 1.82) is 0 Å². The molecule has 1 N–H and O–H groups in total. The van der Waals surface area contributed by atoms with Crippen LogP contribution < -0.4 is 5.56 Å². The number of aromatic nitrogens is 2. The Bertz CT molecular complexity index is 1300. The number of fused-ring (bicyclic) bond motifs is 1. The molecule has 0 saturated heterocycles. The number of aromatic amines is 1. The van der Waals surface area contributed by atoms with Crippen molar-refractivity contribution in [3.05, 3.63) is 68.4 Å². The molecule has 0 saturated carbocycles. The number of rotatable bonds is 4. The van der Waals surface area contributed by atoms with Gasteiger partial charge in [-0.2, -0.15) is 13.2 Å². The monoisotopic (exact) mass is 469 g/mol. The molecule has 0 aliphatic carbocycles. The van der Waals surface area contributed by atoms with Crippen LogP contribution in [0.2, 0.25) is 0 Å². The molecule has 0 radical (unpaired) electrons. The average molecular weight is 470 g/mol. The van der Waals surface area contributed by atoms with Gasteiger partial charge in [-0.3, -0.25) is 14.7 Å². The Balaban J connectivity index is 1.52. The van der Waals surface area contributed by atoms with E-state index in [0.29, 0.717) is 42.9 Å². The third kappa shape index (κ3) is 4.73. The summed E-state index contributed by atoms with van der Waals surface area (Å²) in [5, 5.41) is -0.325. The van der Waals surface area contributed by atoms with E-state index in [1.807, 2.05) is 11.0 Å². The largest absolute Gasteiger partial charge is 0.416 e. The minimum absolute atomic E-state index is 0.318. The summed E-state index contributed by atoms with van der Waals surface area (Å²) >= 11 is 1.40. The summed E-state index contributed by atoms with van der Waals surface area (Å²) in [5.41, 5.74) is 0.271. The third-order valence-electron chi connectivity index (χ3n) is 4.99. The molecule has 0 amide bonds. The van der Waals surface area contributed by atoms with E-state index in [9.17, 15) is 26.4 Å². The zero-order valence-electron chi connectivity index (χ0n) is 16.4. The number of alkyl halides is 3. The van der Waals surface area contributed by atoms with Gasteiger partial charge in [0.2, 0.25) is 15.0 Å². The molecule has 0 spiro atoms. The van der Waals surface area contributed by atoms with Crippen molar-refractivity contribution in [2.45, 2.75) is 30.8 Å². The molecule has 3 heterocycles. The Hall–Kier alpha value is -2.50. The molecule has 1 aliphatic rings. The zero-order chi connectivity index (χ0) is 22.4. The van der Waals surface area contributed by atoms with Gasteiger partial charge in [0.15, 0.2) is 0 Å². The molecule has 3 aromatic rings. The van der Waals surface area contributed by atoms with E-state index in [4.69, 9.17) is 0 Å². The Morgan fingerprint density at radius 3 is 2.71 bits per heavy atom. The van der Waals surface area contributed by atoms with Crippen molar-refractivity contribution in [1.82, 2.24) is 14.9 Å². The molecule has 11 heteroatoms. The molecule has 164 valence electrons. The summed E-state index contributed by atoms with van der Waals surface area (Å²) < 4.78 is 62.3. The Morgan fingerprint density at radius 1 is 1.23 bits per heavy atom. The third-order valence-corrected chi connectivity index (χ3v) is 7.01. The molecule has 4 rings (SSSR count). The molecule has 0 atom stereocenters. The zero-order valence-corrected chi connectivity index (χ0v) is 18.0. The van der Waals surface area contributed by atoms with Crippen molar-refractivity contribution in [3.63, 3.8) is 0 Å². The predicted octanol–water partition coefficient (Wildman–Crippen LogP) is 3.48. The van der Waals surface area contributed by atoms with Gasteiger partial charge >= 0.3 is 6.18 Å². The first-order valence-electron chi connectivity index (χ1n) is 9.31. The molecular formula is C20H18F3N3O3S2. The lowest BCUT2D eigenvalue weighted by Gasteiger charge is -2.27. The molecule has 1 aliphatic heterocycles. The summed E-state index contributed by atoms with van der Waals surface area (Å²) in [6.45, 7) is 1.43. The fourth-order valence-electron chi connectivity index (χ4n) is 3.46. The standard InChI is InChI=1S/C20H18F3N3O3S2/c1-31(28,29)19-24-16-7-8-26(11-15(16)18(27)25-19)10-14-5-6-17(30-14)12-3-2-4-13(9-12)20(21,22)23/h2-6,9H,7-8,10-11H2,1H3,(H,24,25,27). The second kappa shape index (κ2) is 7.88. The number of nitrogens with one attached hydrogen (secondary N) is 1. The van der Waals surface area contributed by atoms with E-state index >= 15 is 0 Å². The van der Waals surface area contributed by atoms with Crippen molar-refractivity contribution in [3.8, 4) is 10.4 Å². The summed E-state index contributed by atoms with van der Waals surface area (Å²) in [6, 6.07) is 8.88. The second-order valence-electron chi connectivity index (χ2n) is 7.37. The van der Waals surface area contributed by atoms with Crippen LogP contribution in [0.1, 0.15) is 21.7 Å². The minimum atomic E-state index is -4.39. The molecule has 0 bridgehead atoms. The highest BCUT2D eigenvalue weighted by molar-refractivity contribution is 7.90. The molecule has 2 aromatic heterocycles. The highest BCUT2D eigenvalue weighted by Gasteiger charge is 2.30. The van der Waals surface area contributed by atoms with Gasteiger partial charge in [0.1, 0.15) is 0 Å². The number of H-pyrrole nitrogens is 1. The number of thiophene rings is 1. The maximum absolute atomic E-state index is 13.0. The van der Waals surface area contributed by atoms with Crippen LogP contribution in [0.25, 0.3) is 10.4 Å². The van der Waals surface area contributed by atoms with E-state index in [1.54, 1.807) is 12.1 Å². The quantitative estimate of drug-likeness (QED) is 0.592. The maximum Gasteiger partial charge on any atom is 0.416 e. The van der Waals surface area contributed by atoms with Gasteiger partial charge in [0.05, 0.1) is 16.8 Å². The lowest BCUT2D eigenvalue weighted by molar-refractivity contribution is -0.137. The van der Waals surface area contributed by atoms with E-state index in [0.717, 1.165) is 28.1 Å². The summed E-state index contributed by atoms with van der Waals surface area (Å²) in [6.07, 6.45) is -2.96. The maximum atomic E-state index is 13.0. The molecule has 6 nitrogen and oxygen atoms in total. The normalized spacial score (nSPS) is 15.1. The average Bonchev–Trinajstić information content (AvgIpc) is 3.15. The molecule has 1 aromatic carbocycles. The number of hydrogen-bond donors (Lipinski definition) is 1. The Labute approximate surface area is 180 Å². The van der Waals surface area contributed by atoms with Gasteiger partial charge in [-0.15, -0.1) is 11.3 Å². The van der Waals surface area contributed by atoms with Gasteiger partial charge in [-0.05, 0) is 29.8 Å². The minimum Gasteiger partial charge on any atom is -0.297 e. The van der Waals surface area contributed by atoms with Crippen molar-refractivity contribution in [2.75, 3.05) is 12.8 Å². The number of halogens is 3. The SMILES string of the molecule is CS(=O)(=O)c1nc2c(c(=O)[nH]1)CN(Cc1ccc(-c3cccc(C(F)(F)F)c3)s1)CC2. The fourth-order valence-corrected chi connectivity index (χ4v) is 5.06. The van der Waals surface area contributed by atoms with Crippen LogP contribution in [0.4, 0.5) is 13.2 Å². The van der Waals surface area contributed by atoms with Crippen LogP contribution in [-0.2, 0) is 35.5 Å². The highest BCUT2D eigenvalue weighted by Crippen LogP contribution is 2.35. The number of sulfone groups is 1. The van der Waals surface area contributed by atoms with Gasteiger partial charge in [0, 0.05) is 42.1 Å². The summed E-state index contributed by atoms with van der Waals surface area (Å²) in [7, 11) is -3.61. The second-order valence-corrected chi connectivity index (χ2v) is 10.5. The predicted molar refractivity (Wildman–Crippen MR) is 111 cm³/mol. The van der Waals surface area contributed by atoms with Crippen molar-refractivity contribution >= 4 is 21.2 Å². The molecule has 31 heavy (non-hydrogen) atoms. The Kier molecular flexibility index (Phi) is 5.52. The van der Waals surface area contributed by atoms with Crippen LogP contribution in [0.5, 0.6) is 0 Å². The van der Waals surface area contributed by atoms with Gasteiger partial charge in [0.25, 0.3) is 5.56 Å². The first-order chi connectivity index (χ1) is 14.5. The molecule has 0 unspecified atom stereocenters. The topological polar surface area (TPSA) is 83.1 Å². The van der Waals surface area contributed by atoms with Gasteiger partial charge in [-0.1, -0.05) is 12.1 Å². The first kappa shape index (κ1) is 21.7. The summed E-state index contributed by atoms with van der Waals surface area (Å²) in [5.74, 6) is 0. The van der Waals surface area contributed by atoms with E-state index in [-0.39, 0.29) is 5.16 Å². The number of hydrogen-bond acceptors (Lipinski definition) is 6. The van der Waals surface area contributed by atoms with Gasteiger partial charge in [-0.25, -0.2) is 13.4 Å². The van der Waals surface area contributed by atoms with Crippen LogP contribution in [0, 0.1) is 0 Å². The molecular weight excluding hydrogens is 451 g/mol. The van der Waals surface area contributed by atoms with E-state index in [2.05, 4.69) is 9.97 Å². The van der Waals surface area contributed by atoms with Crippen molar-refractivity contribution in [2.24, 2.45) is 0 Å². The number of benzene rings is 1. The van der Waals surface area contributed by atoms with Crippen LogP contribution in [-0.4, -0.2) is 36.1 Å². The van der Waals surface area contributed by atoms with Crippen LogP contribution >= 0.6 is 11.3 Å². The van der Waals surface area contributed by atoms with E-state index in [1.165, 1.54) is 17.4 Å². The van der Waals surface area contributed by atoms with Crippen LogP contribution in [0.3, 0.4) is 0 Å². The summed E-state index contributed by atoms with van der Waals surface area (Å²) in [4.78, 5) is 22.5. The fraction of sp³-hybridized carbons (Fsp3) is 0.300.